The molecule has 1 aromatic carbocycles. The summed E-state index contributed by atoms with van der Waals surface area (Å²) in [6.07, 6.45) is 1.23. The van der Waals surface area contributed by atoms with Crippen molar-refractivity contribution < 1.29 is 19.0 Å². The molecule has 2 atom stereocenters. The van der Waals surface area contributed by atoms with E-state index in [9.17, 15) is 4.79 Å². The van der Waals surface area contributed by atoms with Crippen LogP contribution in [0.3, 0.4) is 0 Å². The molecular weight excluding hydrogens is 296 g/mol. The van der Waals surface area contributed by atoms with Crippen molar-refractivity contribution in [3.63, 3.8) is 0 Å². The van der Waals surface area contributed by atoms with Gasteiger partial charge in [0.25, 0.3) is 0 Å². The smallest absolute Gasteiger partial charge is 0.306 e. The molecule has 2 rings (SSSR count). The Morgan fingerprint density at radius 1 is 1.22 bits per heavy atom. The highest BCUT2D eigenvalue weighted by Gasteiger charge is 2.28. The van der Waals surface area contributed by atoms with E-state index in [1.165, 1.54) is 0 Å². The summed E-state index contributed by atoms with van der Waals surface area (Å²) in [5.41, 5.74) is 7.18. The largest absolute Gasteiger partial charge is 0.497 e. The Bertz CT molecular complexity index is 513. The second-order valence-electron chi connectivity index (χ2n) is 5.85. The number of rotatable bonds is 6. The van der Waals surface area contributed by atoms with Crippen LogP contribution < -0.4 is 20.1 Å². The van der Waals surface area contributed by atoms with Gasteiger partial charge >= 0.3 is 5.97 Å². The Balaban J connectivity index is 2.13. The van der Waals surface area contributed by atoms with Gasteiger partial charge in [-0.15, -0.1) is 0 Å². The van der Waals surface area contributed by atoms with Gasteiger partial charge in [-0.05, 0) is 19.3 Å². The number of anilines is 1. The average molecular weight is 322 g/mol. The molecule has 1 aromatic rings. The zero-order valence-electron chi connectivity index (χ0n) is 14.1. The van der Waals surface area contributed by atoms with Gasteiger partial charge in [0, 0.05) is 43.0 Å². The van der Waals surface area contributed by atoms with Gasteiger partial charge in [-0.25, -0.2) is 0 Å². The van der Waals surface area contributed by atoms with Crippen LogP contribution in [0.2, 0.25) is 0 Å². The van der Waals surface area contributed by atoms with E-state index in [1.807, 2.05) is 25.1 Å². The normalized spacial score (nSPS) is 21.0. The minimum Gasteiger partial charge on any atom is -0.497 e. The summed E-state index contributed by atoms with van der Waals surface area (Å²) in [5, 5.41) is 0. The molecule has 2 N–H and O–H groups in total. The lowest BCUT2D eigenvalue weighted by molar-refractivity contribution is -0.144. The van der Waals surface area contributed by atoms with Gasteiger partial charge in [0.2, 0.25) is 0 Å². The first-order valence-corrected chi connectivity index (χ1v) is 7.95. The molecule has 0 bridgehead atoms. The Morgan fingerprint density at radius 2 is 1.87 bits per heavy atom. The van der Waals surface area contributed by atoms with Crippen LogP contribution in [0, 0.1) is 5.92 Å². The second kappa shape index (κ2) is 8.06. The van der Waals surface area contributed by atoms with E-state index in [0.29, 0.717) is 13.0 Å². The Labute approximate surface area is 137 Å². The molecule has 1 heterocycles. The maximum absolute atomic E-state index is 11.7. The number of ether oxygens (including phenoxy) is 3. The van der Waals surface area contributed by atoms with Crippen molar-refractivity contribution in [2.24, 2.45) is 11.7 Å². The average Bonchev–Trinajstić information content (AvgIpc) is 2.53. The molecule has 23 heavy (non-hydrogen) atoms. The highest BCUT2D eigenvalue weighted by atomic mass is 16.5. The quantitative estimate of drug-likeness (QED) is 0.805. The summed E-state index contributed by atoms with van der Waals surface area (Å²) in [6.45, 7) is 3.74. The number of methoxy groups -OCH3 is 2. The molecule has 128 valence electrons. The molecule has 6 nitrogen and oxygen atoms in total. The Hall–Kier alpha value is -1.95. The fraction of sp³-hybridized carbons (Fsp3) is 0.588. The molecule has 0 aliphatic carbocycles. The van der Waals surface area contributed by atoms with Crippen molar-refractivity contribution in [1.29, 1.82) is 0 Å². The van der Waals surface area contributed by atoms with Crippen molar-refractivity contribution in [2.45, 2.75) is 25.8 Å². The Morgan fingerprint density at radius 3 is 2.43 bits per heavy atom. The summed E-state index contributed by atoms with van der Waals surface area (Å²) in [7, 11) is 3.26. The summed E-state index contributed by atoms with van der Waals surface area (Å²) in [5.74, 6) is 1.51. The summed E-state index contributed by atoms with van der Waals surface area (Å²) < 4.78 is 15.7. The summed E-state index contributed by atoms with van der Waals surface area (Å²) in [6, 6.07) is 5.79. The van der Waals surface area contributed by atoms with Crippen molar-refractivity contribution in [3.05, 3.63) is 18.2 Å². The molecule has 0 aromatic heterocycles. The predicted molar refractivity (Wildman–Crippen MR) is 89.1 cm³/mol. The van der Waals surface area contributed by atoms with Crippen LogP contribution >= 0.6 is 0 Å². The lowest BCUT2D eigenvalue weighted by atomic mass is 9.91. The van der Waals surface area contributed by atoms with Crippen LogP contribution in [0.4, 0.5) is 5.69 Å². The van der Waals surface area contributed by atoms with Crippen molar-refractivity contribution in [3.8, 4) is 11.5 Å². The first-order chi connectivity index (χ1) is 11.0. The molecule has 1 fully saturated rings. The first kappa shape index (κ1) is 17.4. The molecule has 2 unspecified atom stereocenters. The second-order valence-corrected chi connectivity index (χ2v) is 5.85. The number of nitrogens with zero attached hydrogens (tertiary/aromatic N) is 1. The molecule has 0 amide bonds. The number of hydrogen-bond acceptors (Lipinski definition) is 6. The van der Waals surface area contributed by atoms with Crippen LogP contribution in [-0.2, 0) is 9.53 Å². The van der Waals surface area contributed by atoms with E-state index in [2.05, 4.69) is 4.90 Å². The Kier molecular flexibility index (Phi) is 6.10. The molecule has 1 saturated heterocycles. The van der Waals surface area contributed by atoms with Gasteiger partial charge in [0.1, 0.15) is 11.5 Å². The summed E-state index contributed by atoms with van der Waals surface area (Å²) >= 11 is 0. The standard InChI is InChI=1S/C17H26N2O4/c1-4-23-17(20)6-12-5-13(18)11-19(10-12)14-7-15(21-2)9-16(8-14)22-3/h7-9,12-13H,4-6,10-11,18H2,1-3H3. The van der Waals surface area contributed by atoms with E-state index in [1.54, 1.807) is 14.2 Å². The van der Waals surface area contributed by atoms with Gasteiger partial charge in [-0.2, -0.15) is 0 Å². The number of carbonyl (C=O) groups excluding carboxylic acids is 1. The fourth-order valence-corrected chi connectivity index (χ4v) is 3.04. The highest BCUT2D eigenvalue weighted by molar-refractivity contribution is 5.70. The van der Waals surface area contributed by atoms with Gasteiger partial charge < -0.3 is 24.8 Å². The zero-order chi connectivity index (χ0) is 16.8. The third-order valence-electron chi connectivity index (χ3n) is 4.03. The van der Waals surface area contributed by atoms with E-state index in [0.717, 1.165) is 36.7 Å². The number of hydrogen-bond donors (Lipinski definition) is 1. The number of piperidine rings is 1. The van der Waals surface area contributed by atoms with E-state index in [4.69, 9.17) is 19.9 Å². The highest BCUT2D eigenvalue weighted by Crippen LogP contribution is 2.31. The number of carbonyl (C=O) groups is 1. The fourth-order valence-electron chi connectivity index (χ4n) is 3.04. The molecule has 0 spiro atoms. The van der Waals surface area contributed by atoms with Crippen LogP contribution in [0.15, 0.2) is 18.2 Å². The van der Waals surface area contributed by atoms with Crippen LogP contribution in [0.25, 0.3) is 0 Å². The minimum absolute atomic E-state index is 0.0281. The van der Waals surface area contributed by atoms with E-state index in [-0.39, 0.29) is 17.9 Å². The van der Waals surface area contributed by atoms with Crippen molar-refractivity contribution in [1.82, 2.24) is 0 Å². The lowest BCUT2D eigenvalue weighted by Crippen LogP contribution is -2.47. The predicted octanol–water partition coefficient (Wildman–Crippen LogP) is 1.81. The van der Waals surface area contributed by atoms with Crippen LogP contribution in [0.1, 0.15) is 19.8 Å². The van der Waals surface area contributed by atoms with Gasteiger partial charge in [0.05, 0.1) is 27.2 Å². The summed E-state index contributed by atoms with van der Waals surface area (Å²) in [4.78, 5) is 13.9. The first-order valence-electron chi connectivity index (χ1n) is 7.95. The third-order valence-corrected chi connectivity index (χ3v) is 4.03. The minimum atomic E-state index is -0.158. The molecule has 1 aliphatic rings. The lowest BCUT2D eigenvalue weighted by Gasteiger charge is -2.37. The van der Waals surface area contributed by atoms with Crippen LogP contribution in [0.5, 0.6) is 11.5 Å². The maximum Gasteiger partial charge on any atom is 0.306 e. The van der Waals surface area contributed by atoms with E-state index >= 15 is 0 Å². The zero-order valence-corrected chi connectivity index (χ0v) is 14.1. The van der Waals surface area contributed by atoms with Crippen molar-refractivity contribution in [2.75, 3.05) is 38.8 Å². The third kappa shape index (κ3) is 4.76. The monoisotopic (exact) mass is 322 g/mol. The number of benzene rings is 1. The van der Waals surface area contributed by atoms with Gasteiger partial charge in [0.15, 0.2) is 0 Å². The molecule has 0 saturated carbocycles. The molecule has 0 radical (unpaired) electrons. The topological polar surface area (TPSA) is 74.0 Å². The molecular formula is C17H26N2O4. The maximum atomic E-state index is 11.7. The van der Waals surface area contributed by atoms with Gasteiger partial charge in [-0.3, -0.25) is 4.79 Å². The molecule has 1 aliphatic heterocycles. The van der Waals surface area contributed by atoms with Gasteiger partial charge in [-0.1, -0.05) is 0 Å². The van der Waals surface area contributed by atoms with E-state index < -0.39 is 0 Å². The SMILES string of the molecule is CCOC(=O)CC1CC(N)CN(c2cc(OC)cc(OC)c2)C1. The molecule has 6 heteroatoms. The van der Waals surface area contributed by atoms with Crippen molar-refractivity contribution >= 4 is 11.7 Å². The van der Waals surface area contributed by atoms with Crippen LogP contribution in [-0.4, -0.2) is 45.9 Å². The number of esters is 1. The number of nitrogens with two attached hydrogens (primary N) is 1.